The third kappa shape index (κ3) is 4.99. The van der Waals surface area contributed by atoms with Gasteiger partial charge in [0, 0.05) is 23.7 Å². The molecule has 0 spiro atoms. The fraction of sp³-hybridized carbons (Fsp3) is 0.250. The van der Waals surface area contributed by atoms with Crippen LogP contribution in [-0.2, 0) is 13.1 Å². The maximum absolute atomic E-state index is 12.4. The molecule has 0 aliphatic carbocycles. The molecule has 5 heteroatoms. The van der Waals surface area contributed by atoms with Gasteiger partial charge in [-0.25, -0.2) is 0 Å². The molecular weight excluding hydrogens is 296 g/mol. The largest absolute Gasteiger partial charge is 0.434 e. The number of ether oxygens (including phenoxy) is 1. The molecule has 0 radical (unpaired) electrons. The van der Waals surface area contributed by atoms with Gasteiger partial charge in [-0.3, -0.25) is 0 Å². The summed E-state index contributed by atoms with van der Waals surface area (Å²) < 4.78 is 29.2. The van der Waals surface area contributed by atoms with Gasteiger partial charge in [0.25, 0.3) is 0 Å². The van der Waals surface area contributed by atoms with E-state index >= 15 is 0 Å². The minimum absolute atomic E-state index is 0.145. The van der Waals surface area contributed by atoms with Crippen molar-refractivity contribution in [2.45, 2.75) is 26.6 Å². The van der Waals surface area contributed by atoms with Crippen LogP contribution in [0.2, 0.25) is 5.02 Å². The van der Waals surface area contributed by atoms with Crippen LogP contribution in [0.15, 0.2) is 42.5 Å². The van der Waals surface area contributed by atoms with Crippen molar-refractivity contribution in [2.24, 2.45) is 0 Å². The molecule has 0 aliphatic heterocycles. The number of rotatable bonds is 6. The van der Waals surface area contributed by atoms with E-state index in [1.54, 1.807) is 6.07 Å². The Hall–Kier alpha value is -1.65. The van der Waals surface area contributed by atoms with E-state index < -0.39 is 6.61 Å². The Kier molecular flexibility index (Phi) is 5.53. The predicted molar refractivity (Wildman–Crippen MR) is 79.8 cm³/mol. The Balaban J connectivity index is 2.00. The van der Waals surface area contributed by atoms with E-state index in [9.17, 15) is 8.78 Å². The molecule has 0 heterocycles. The molecule has 2 rings (SSSR count). The van der Waals surface area contributed by atoms with E-state index in [2.05, 4.69) is 16.1 Å². The SMILES string of the molecule is Cc1cccc(CNCc2cc(Cl)ccc2OC(F)F)c1. The quantitative estimate of drug-likeness (QED) is 0.845. The second kappa shape index (κ2) is 7.38. The first-order valence-electron chi connectivity index (χ1n) is 6.54. The van der Waals surface area contributed by atoms with Gasteiger partial charge in [-0.1, -0.05) is 41.4 Å². The van der Waals surface area contributed by atoms with Gasteiger partial charge in [-0.05, 0) is 30.7 Å². The molecule has 0 aliphatic rings. The maximum Gasteiger partial charge on any atom is 0.387 e. The van der Waals surface area contributed by atoms with Crippen molar-refractivity contribution >= 4 is 11.6 Å². The summed E-state index contributed by atoms with van der Waals surface area (Å²) in [6, 6.07) is 12.7. The van der Waals surface area contributed by atoms with Crippen LogP contribution in [-0.4, -0.2) is 6.61 Å². The van der Waals surface area contributed by atoms with Crippen LogP contribution in [0.4, 0.5) is 8.78 Å². The highest BCUT2D eigenvalue weighted by Gasteiger charge is 2.10. The van der Waals surface area contributed by atoms with Gasteiger partial charge in [0.05, 0.1) is 0 Å². The van der Waals surface area contributed by atoms with Crippen molar-refractivity contribution in [1.29, 1.82) is 0 Å². The number of hydrogen-bond acceptors (Lipinski definition) is 2. The molecule has 112 valence electrons. The molecule has 0 aromatic heterocycles. The van der Waals surface area contributed by atoms with Crippen LogP contribution < -0.4 is 10.1 Å². The monoisotopic (exact) mass is 311 g/mol. The Labute approximate surface area is 127 Å². The summed E-state index contributed by atoms with van der Waals surface area (Å²) in [5, 5.41) is 3.69. The first-order valence-corrected chi connectivity index (χ1v) is 6.92. The van der Waals surface area contributed by atoms with E-state index in [1.807, 2.05) is 25.1 Å². The minimum atomic E-state index is -2.85. The van der Waals surface area contributed by atoms with E-state index in [0.29, 0.717) is 23.7 Å². The third-order valence-corrected chi connectivity index (χ3v) is 3.20. The normalized spacial score (nSPS) is 10.9. The highest BCUT2D eigenvalue weighted by atomic mass is 35.5. The summed E-state index contributed by atoms with van der Waals surface area (Å²) in [6.45, 7) is 0.218. The molecule has 0 fully saturated rings. The Morgan fingerprint density at radius 1 is 1.14 bits per heavy atom. The molecule has 0 bridgehead atoms. The molecule has 0 saturated heterocycles. The highest BCUT2D eigenvalue weighted by molar-refractivity contribution is 6.30. The summed E-state index contributed by atoms with van der Waals surface area (Å²) >= 11 is 5.90. The zero-order valence-corrected chi connectivity index (χ0v) is 12.3. The van der Waals surface area contributed by atoms with Crippen molar-refractivity contribution in [3.05, 3.63) is 64.2 Å². The fourth-order valence-electron chi connectivity index (χ4n) is 2.06. The molecule has 2 nitrogen and oxygen atoms in total. The lowest BCUT2D eigenvalue weighted by Crippen LogP contribution is -2.14. The molecule has 0 atom stereocenters. The highest BCUT2D eigenvalue weighted by Crippen LogP contribution is 2.24. The number of benzene rings is 2. The molecular formula is C16H16ClF2NO. The van der Waals surface area contributed by atoms with E-state index in [1.165, 1.54) is 17.7 Å². The first-order chi connectivity index (χ1) is 10.0. The summed E-state index contributed by atoms with van der Waals surface area (Å²) in [5.41, 5.74) is 2.92. The molecule has 0 unspecified atom stereocenters. The zero-order chi connectivity index (χ0) is 15.2. The molecule has 0 amide bonds. The number of halogens is 3. The summed E-state index contributed by atoms with van der Waals surface area (Å²) in [5.74, 6) is 0.145. The number of alkyl halides is 2. The van der Waals surface area contributed by atoms with Crippen LogP contribution in [0.25, 0.3) is 0 Å². The minimum Gasteiger partial charge on any atom is -0.434 e. The first kappa shape index (κ1) is 15.7. The van der Waals surface area contributed by atoms with Crippen LogP contribution in [0.1, 0.15) is 16.7 Å². The van der Waals surface area contributed by atoms with Crippen LogP contribution in [0.3, 0.4) is 0 Å². The van der Waals surface area contributed by atoms with Crippen LogP contribution in [0, 0.1) is 6.92 Å². The lowest BCUT2D eigenvalue weighted by molar-refractivity contribution is -0.0505. The molecule has 2 aromatic rings. The number of hydrogen-bond donors (Lipinski definition) is 1. The Morgan fingerprint density at radius 2 is 1.95 bits per heavy atom. The maximum atomic E-state index is 12.4. The van der Waals surface area contributed by atoms with Gasteiger partial charge in [-0.2, -0.15) is 8.78 Å². The van der Waals surface area contributed by atoms with Crippen molar-refractivity contribution in [3.63, 3.8) is 0 Å². The van der Waals surface area contributed by atoms with E-state index in [4.69, 9.17) is 11.6 Å². The second-order valence-corrected chi connectivity index (χ2v) is 5.16. The lowest BCUT2D eigenvalue weighted by atomic mass is 10.1. The molecule has 21 heavy (non-hydrogen) atoms. The van der Waals surface area contributed by atoms with Crippen LogP contribution >= 0.6 is 11.6 Å². The number of aryl methyl sites for hydroxylation is 1. The topological polar surface area (TPSA) is 21.3 Å². The van der Waals surface area contributed by atoms with Gasteiger partial charge < -0.3 is 10.1 Å². The van der Waals surface area contributed by atoms with Crippen molar-refractivity contribution < 1.29 is 13.5 Å². The second-order valence-electron chi connectivity index (χ2n) is 4.72. The van der Waals surface area contributed by atoms with Crippen LogP contribution in [0.5, 0.6) is 5.75 Å². The molecule has 2 aromatic carbocycles. The summed E-state index contributed by atoms with van der Waals surface area (Å²) in [6.07, 6.45) is 0. The average molecular weight is 312 g/mol. The van der Waals surface area contributed by atoms with Gasteiger partial charge in [0.2, 0.25) is 0 Å². The van der Waals surface area contributed by atoms with Crippen molar-refractivity contribution in [1.82, 2.24) is 5.32 Å². The lowest BCUT2D eigenvalue weighted by Gasteiger charge is -2.12. The average Bonchev–Trinajstić information content (AvgIpc) is 2.41. The van der Waals surface area contributed by atoms with Gasteiger partial charge in [0.1, 0.15) is 5.75 Å². The smallest absolute Gasteiger partial charge is 0.387 e. The van der Waals surface area contributed by atoms with E-state index in [0.717, 1.165) is 5.56 Å². The Morgan fingerprint density at radius 3 is 2.67 bits per heavy atom. The fourth-order valence-corrected chi connectivity index (χ4v) is 2.26. The molecule has 1 N–H and O–H groups in total. The zero-order valence-electron chi connectivity index (χ0n) is 11.6. The third-order valence-electron chi connectivity index (χ3n) is 2.97. The molecule has 0 saturated carbocycles. The van der Waals surface area contributed by atoms with Crippen molar-refractivity contribution in [3.8, 4) is 5.75 Å². The van der Waals surface area contributed by atoms with Gasteiger partial charge in [0.15, 0.2) is 0 Å². The standard InChI is InChI=1S/C16H16ClF2NO/c1-11-3-2-4-12(7-11)9-20-10-13-8-14(17)5-6-15(13)21-16(18)19/h2-8,16,20H,9-10H2,1H3. The summed E-state index contributed by atoms with van der Waals surface area (Å²) in [4.78, 5) is 0. The Bertz CT molecular complexity index is 605. The predicted octanol–water partition coefficient (Wildman–Crippen LogP) is 4.54. The van der Waals surface area contributed by atoms with Gasteiger partial charge in [-0.15, -0.1) is 0 Å². The summed E-state index contributed by atoms with van der Waals surface area (Å²) in [7, 11) is 0. The van der Waals surface area contributed by atoms with Crippen molar-refractivity contribution in [2.75, 3.05) is 0 Å². The number of nitrogens with one attached hydrogen (secondary N) is 1. The van der Waals surface area contributed by atoms with Gasteiger partial charge >= 0.3 is 6.61 Å². The van der Waals surface area contributed by atoms with E-state index in [-0.39, 0.29) is 5.75 Å².